The molecule has 50 heavy (non-hydrogen) atoms. The summed E-state index contributed by atoms with van der Waals surface area (Å²) in [5.74, 6) is 0.730. The Morgan fingerprint density at radius 1 is 0.420 bits per heavy atom. The lowest BCUT2D eigenvalue weighted by Crippen LogP contribution is -2.04. The van der Waals surface area contributed by atoms with Crippen molar-refractivity contribution in [2.75, 3.05) is 0 Å². The number of nitrogens with zero attached hydrogens (tertiary/aromatic N) is 2. The molecule has 8 rings (SSSR count). The standard InChI is InChI=1S/C38H26N4O4S4/c43-49(44,31-21-19-25-11-7-9-17-29(25)23-31)37-35(39-33(41-37)27-13-3-1-4-14-27)47-48-36-38(42-34(40-36)28-15-5-2-6-16-28)50(45,46)32-22-20-26-12-8-10-18-30(26)24-32/h1-24H,(H,39,41)(H,40,42). The summed E-state index contributed by atoms with van der Waals surface area (Å²) in [5.41, 5.74) is 1.40. The van der Waals surface area contributed by atoms with Crippen molar-refractivity contribution in [1.82, 2.24) is 19.9 Å². The number of imidazole rings is 2. The first-order valence-electron chi connectivity index (χ1n) is 15.4. The van der Waals surface area contributed by atoms with Crippen LogP contribution >= 0.6 is 21.6 Å². The highest BCUT2D eigenvalue weighted by Crippen LogP contribution is 2.44. The van der Waals surface area contributed by atoms with Crippen LogP contribution in [0.5, 0.6) is 0 Å². The van der Waals surface area contributed by atoms with Crippen molar-refractivity contribution in [3.8, 4) is 22.8 Å². The molecule has 0 aliphatic heterocycles. The second-order valence-electron chi connectivity index (χ2n) is 11.4. The fourth-order valence-corrected chi connectivity index (χ4v) is 11.2. The number of H-pyrrole nitrogens is 2. The second-order valence-corrected chi connectivity index (χ2v) is 17.2. The van der Waals surface area contributed by atoms with E-state index >= 15 is 0 Å². The van der Waals surface area contributed by atoms with Gasteiger partial charge >= 0.3 is 0 Å². The van der Waals surface area contributed by atoms with E-state index in [2.05, 4.69) is 9.97 Å². The van der Waals surface area contributed by atoms with E-state index in [9.17, 15) is 16.8 Å². The van der Waals surface area contributed by atoms with Crippen molar-refractivity contribution in [2.45, 2.75) is 29.9 Å². The van der Waals surface area contributed by atoms with Gasteiger partial charge < -0.3 is 9.97 Å². The Hall–Kier alpha value is -5.14. The molecule has 0 amide bonds. The Morgan fingerprint density at radius 3 is 1.18 bits per heavy atom. The van der Waals surface area contributed by atoms with Gasteiger partial charge in [0.1, 0.15) is 21.7 Å². The zero-order chi connectivity index (χ0) is 34.3. The van der Waals surface area contributed by atoms with Gasteiger partial charge in [0, 0.05) is 11.1 Å². The first-order valence-corrected chi connectivity index (χ1v) is 20.5. The molecule has 0 bridgehead atoms. The maximum atomic E-state index is 14.3. The Morgan fingerprint density at radius 2 is 0.780 bits per heavy atom. The quantitative estimate of drug-likeness (QED) is 0.141. The molecule has 0 aliphatic carbocycles. The number of sulfone groups is 2. The van der Waals surface area contributed by atoms with Crippen molar-refractivity contribution >= 4 is 62.8 Å². The van der Waals surface area contributed by atoms with E-state index in [0.717, 1.165) is 43.1 Å². The molecule has 8 nitrogen and oxygen atoms in total. The minimum Gasteiger partial charge on any atom is -0.328 e. The average molecular weight is 731 g/mol. The summed E-state index contributed by atoms with van der Waals surface area (Å²) in [5, 5.41) is 3.55. The Labute approximate surface area is 296 Å². The van der Waals surface area contributed by atoms with Crippen molar-refractivity contribution in [2.24, 2.45) is 0 Å². The molecule has 0 saturated carbocycles. The number of hydrogen-bond acceptors (Lipinski definition) is 8. The number of rotatable bonds is 9. The van der Waals surface area contributed by atoms with Crippen LogP contribution in [0.4, 0.5) is 0 Å². The summed E-state index contributed by atoms with van der Waals surface area (Å²) in [6.45, 7) is 0. The smallest absolute Gasteiger partial charge is 0.224 e. The van der Waals surface area contributed by atoms with Gasteiger partial charge in [-0.25, -0.2) is 26.8 Å². The monoisotopic (exact) mass is 730 g/mol. The van der Waals surface area contributed by atoms with Crippen LogP contribution in [0, 0.1) is 0 Å². The van der Waals surface area contributed by atoms with E-state index in [-0.39, 0.29) is 29.9 Å². The van der Waals surface area contributed by atoms with Gasteiger partial charge in [-0.1, -0.05) is 121 Å². The molecular formula is C38H26N4O4S4. The van der Waals surface area contributed by atoms with Gasteiger partial charge in [-0.15, -0.1) is 0 Å². The molecule has 246 valence electrons. The van der Waals surface area contributed by atoms with Crippen molar-refractivity contribution < 1.29 is 16.8 Å². The highest BCUT2D eigenvalue weighted by atomic mass is 33.1. The molecule has 0 atom stereocenters. The molecule has 0 saturated heterocycles. The highest BCUT2D eigenvalue weighted by Gasteiger charge is 2.30. The molecule has 6 aromatic carbocycles. The van der Waals surface area contributed by atoms with Gasteiger partial charge in [-0.2, -0.15) is 0 Å². The minimum absolute atomic E-state index is 0.0955. The average Bonchev–Trinajstić information content (AvgIpc) is 3.80. The maximum Gasteiger partial charge on any atom is 0.224 e. The topological polar surface area (TPSA) is 126 Å². The van der Waals surface area contributed by atoms with Crippen LogP contribution in [-0.4, -0.2) is 36.8 Å². The predicted octanol–water partition coefficient (Wildman–Crippen LogP) is 9.24. The maximum absolute atomic E-state index is 14.3. The first-order chi connectivity index (χ1) is 24.3. The van der Waals surface area contributed by atoms with E-state index in [4.69, 9.17) is 9.97 Å². The molecule has 0 aliphatic rings. The van der Waals surface area contributed by atoms with E-state index in [0.29, 0.717) is 22.8 Å². The van der Waals surface area contributed by atoms with Gasteiger partial charge in [-0.3, -0.25) is 0 Å². The van der Waals surface area contributed by atoms with Gasteiger partial charge in [-0.05, 0) is 67.4 Å². The molecule has 2 aromatic heterocycles. The minimum atomic E-state index is -4.09. The largest absolute Gasteiger partial charge is 0.328 e. The zero-order valence-electron chi connectivity index (χ0n) is 26.0. The normalized spacial score (nSPS) is 12.1. The van der Waals surface area contributed by atoms with Gasteiger partial charge in [0.25, 0.3) is 0 Å². The highest BCUT2D eigenvalue weighted by molar-refractivity contribution is 8.76. The molecule has 0 fully saturated rings. The number of benzene rings is 6. The number of hydrogen-bond donors (Lipinski definition) is 2. The van der Waals surface area contributed by atoms with Crippen molar-refractivity contribution in [3.05, 3.63) is 146 Å². The van der Waals surface area contributed by atoms with Crippen LogP contribution in [0.3, 0.4) is 0 Å². The fraction of sp³-hybridized carbons (Fsp3) is 0. The van der Waals surface area contributed by atoms with E-state index in [1.54, 1.807) is 36.4 Å². The summed E-state index contributed by atoms with van der Waals surface area (Å²) >= 11 is 0. The van der Waals surface area contributed by atoms with Crippen LogP contribution in [-0.2, 0) is 19.7 Å². The third-order valence-electron chi connectivity index (χ3n) is 8.17. The van der Waals surface area contributed by atoms with Crippen molar-refractivity contribution in [1.29, 1.82) is 0 Å². The molecular weight excluding hydrogens is 705 g/mol. The third kappa shape index (κ3) is 6.00. The Bertz CT molecular complexity index is 2560. The lowest BCUT2D eigenvalue weighted by molar-refractivity contribution is 0.589. The van der Waals surface area contributed by atoms with E-state index in [1.807, 2.05) is 109 Å². The summed E-state index contributed by atoms with van der Waals surface area (Å²) in [7, 11) is -6.13. The number of fused-ring (bicyclic) bond motifs is 2. The molecule has 8 aromatic rings. The first kappa shape index (κ1) is 32.1. The number of aromatic nitrogens is 4. The molecule has 0 spiro atoms. The lowest BCUT2D eigenvalue weighted by atomic mass is 10.1. The molecule has 12 heteroatoms. The molecule has 0 unspecified atom stereocenters. The van der Waals surface area contributed by atoms with Gasteiger partial charge in [0.05, 0.1) is 9.79 Å². The summed E-state index contributed by atoms with van der Waals surface area (Å²) in [4.78, 5) is 15.8. The van der Waals surface area contributed by atoms with Gasteiger partial charge in [0.2, 0.25) is 19.7 Å². The Balaban J connectivity index is 1.22. The van der Waals surface area contributed by atoms with E-state index in [1.165, 1.54) is 0 Å². The third-order valence-corrected chi connectivity index (χ3v) is 14.0. The van der Waals surface area contributed by atoms with Crippen LogP contribution in [0.25, 0.3) is 44.3 Å². The van der Waals surface area contributed by atoms with Crippen LogP contribution < -0.4 is 0 Å². The summed E-state index contributed by atoms with van der Waals surface area (Å²) < 4.78 is 57.0. The molecule has 0 radical (unpaired) electrons. The zero-order valence-corrected chi connectivity index (χ0v) is 29.3. The number of aromatic amines is 2. The summed E-state index contributed by atoms with van der Waals surface area (Å²) in [6, 6.07) is 43.5. The fourth-order valence-electron chi connectivity index (χ4n) is 5.61. The predicted molar refractivity (Wildman–Crippen MR) is 199 cm³/mol. The SMILES string of the molecule is O=S(=O)(c1ccc2ccccc2c1)c1[nH]c(-c2ccccc2)nc1SSc1nc(-c2ccccc2)[nH]c1S(=O)(=O)c1ccc2ccccc2c1. The van der Waals surface area contributed by atoms with E-state index < -0.39 is 19.7 Å². The molecule has 2 heterocycles. The van der Waals surface area contributed by atoms with Gasteiger partial charge in [0.15, 0.2) is 10.1 Å². The van der Waals surface area contributed by atoms with Crippen LogP contribution in [0.2, 0.25) is 0 Å². The molecule has 2 N–H and O–H groups in total. The summed E-state index contributed by atoms with van der Waals surface area (Å²) in [6.07, 6.45) is 0. The van der Waals surface area contributed by atoms with Crippen LogP contribution in [0.15, 0.2) is 175 Å². The Kier molecular flexibility index (Phi) is 8.31. The van der Waals surface area contributed by atoms with Crippen molar-refractivity contribution in [3.63, 3.8) is 0 Å². The number of nitrogens with one attached hydrogen (secondary N) is 2. The van der Waals surface area contributed by atoms with Crippen LogP contribution in [0.1, 0.15) is 0 Å². The lowest BCUT2D eigenvalue weighted by Gasteiger charge is -2.07. The second kappa shape index (κ2) is 13.0.